The normalized spacial score (nSPS) is 22.4. The number of halogens is 3. The summed E-state index contributed by atoms with van der Waals surface area (Å²) >= 11 is 0. The standard InChI is InChI=1S/C20H24F3N5O2/c1-26-7-9-27(10-8-26)19(29)16-12-18-24-15(13-3-5-14(30-2)6-4-13)11-17(20(21,22)23)28(18)25-16/h3-6,12,15,17,24H,7-11H2,1-2H3/t15-,17-/m0/s1. The largest absolute Gasteiger partial charge is 0.497 e. The molecule has 0 radical (unpaired) electrons. The summed E-state index contributed by atoms with van der Waals surface area (Å²) in [6.07, 6.45) is -4.70. The Balaban J connectivity index is 1.62. The van der Waals surface area contributed by atoms with Crippen molar-refractivity contribution in [2.24, 2.45) is 0 Å². The van der Waals surface area contributed by atoms with Crippen molar-refractivity contribution in [1.29, 1.82) is 0 Å². The SMILES string of the molecule is COc1ccc([C@@H]2C[C@@H](C(F)(F)F)n3nc(C(=O)N4CCN(C)CC4)cc3N2)cc1. The molecule has 2 aromatic rings. The number of rotatable bonds is 3. The Morgan fingerprint density at radius 1 is 1.17 bits per heavy atom. The van der Waals surface area contributed by atoms with E-state index in [1.54, 1.807) is 29.2 Å². The zero-order valence-electron chi connectivity index (χ0n) is 16.8. The maximum atomic E-state index is 13.8. The number of ether oxygens (including phenoxy) is 1. The van der Waals surface area contributed by atoms with Gasteiger partial charge in [-0.25, -0.2) is 4.68 Å². The number of alkyl halides is 3. The lowest BCUT2D eigenvalue weighted by atomic mass is 9.97. The van der Waals surface area contributed by atoms with Crippen LogP contribution >= 0.6 is 0 Å². The second-order valence-corrected chi connectivity index (χ2v) is 7.72. The molecule has 30 heavy (non-hydrogen) atoms. The third kappa shape index (κ3) is 3.96. The summed E-state index contributed by atoms with van der Waals surface area (Å²) < 4.78 is 47.5. The molecule has 1 fully saturated rings. The number of piperazine rings is 1. The fourth-order valence-electron chi connectivity index (χ4n) is 3.90. The molecule has 0 aliphatic carbocycles. The van der Waals surface area contributed by atoms with Crippen molar-refractivity contribution in [3.8, 4) is 5.75 Å². The Morgan fingerprint density at radius 3 is 2.43 bits per heavy atom. The van der Waals surface area contributed by atoms with Crippen molar-refractivity contribution in [3.05, 3.63) is 41.6 Å². The van der Waals surface area contributed by atoms with Gasteiger partial charge in [-0.2, -0.15) is 18.3 Å². The minimum Gasteiger partial charge on any atom is -0.497 e. The Hall–Kier alpha value is -2.75. The molecule has 1 saturated heterocycles. The third-order valence-corrected chi connectivity index (χ3v) is 5.72. The van der Waals surface area contributed by atoms with Crippen molar-refractivity contribution in [2.45, 2.75) is 24.7 Å². The molecule has 4 rings (SSSR count). The van der Waals surface area contributed by atoms with Crippen LogP contribution in [0.15, 0.2) is 30.3 Å². The fraction of sp³-hybridized carbons (Fsp3) is 0.500. The molecule has 1 N–H and O–H groups in total. The molecule has 0 bridgehead atoms. The summed E-state index contributed by atoms with van der Waals surface area (Å²) in [6.45, 7) is 2.51. The van der Waals surface area contributed by atoms with E-state index in [-0.39, 0.29) is 23.8 Å². The Kier molecular flexibility index (Phi) is 5.35. The van der Waals surface area contributed by atoms with E-state index in [1.165, 1.54) is 13.2 Å². The highest BCUT2D eigenvalue weighted by molar-refractivity contribution is 5.93. The number of aromatic nitrogens is 2. The van der Waals surface area contributed by atoms with E-state index in [4.69, 9.17) is 4.74 Å². The van der Waals surface area contributed by atoms with E-state index in [0.29, 0.717) is 24.4 Å². The van der Waals surface area contributed by atoms with Crippen LogP contribution in [0.4, 0.5) is 19.0 Å². The molecule has 162 valence electrons. The number of nitrogens with one attached hydrogen (secondary N) is 1. The molecule has 2 aliphatic heterocycles. The van der Waals surface area contributed by atoms with Gasteiger partial charge in [0, 0.05) is 38.7 Å². The van der Waals surface area contributed by atoms with E-state index in [1.807, 2.05) is 7.05 Å². The van der Waals surface area contributed by atoms with Crippen molar-refractivity contribution < 1.29 is 22.7 Å². The zero-order chi connectivity index (χ0) is 21.5. The van der Waals surface area contributed by atoms with Crippen LogP contribution in [-0.4, -0.2) is 72.0 Å². The van der Waals surface area contributed by atoms with Gasteiger partial charge in [-0.3, -0.25) is 4.79 Å². The summed E-state index contributed by atoms with van der Waals surface area (Å²) in [7, 11) is 3.50. The first-order valence-electron chi connectivity index (χ1n) is 9.81. The highest BCUT2D eigenvalue weighted by Crippen LogP contribution is 2.43. The van der Waals surface area contributed by atoms with Gasteiger partial charge in [-0.15, -0.1) is 0 Å². The number of anilines is 1. The van der Waals surface area contributed by atoms with Gasteiger partial charge in [-0.1, -0.05) is 12.1 Å². The molecule has 0 saturated carbocycles. The van der Waals surface area contributed by atoms with Gasteiger partial charge in [0.05, 0.1) is 13.2 Å². The lowest BCUT2D eigenvalue weighted by Crippen LogP contribution is -2.47. The number of carbonyl (C=O) groups is 1. The fourth-order valence-corrected chi connectivity index (χ4v) is 3.90. The number of methoxy groups -OCH3 is 1. The van der Waals surface area contributed by atoms with Crippen LogP contribution in [0.2, 0.25) is 0 Å². The van der Waals surface area contributed by atoms with Crippen molar-refractivity contribution in [2.75, 3.05) is 45.7 Å². The second kappa shape index (κ2) is 7.82. The molecule has 3 heterocycles. The summed E-state index contributed by atoms with van der Waals surface area (Å²) in [4.78, 5) is 16.5. The molecule has 1 aromatic heterocycles. The van der Waals surface area contributed by atoms with Crippen LogP contribution in [-0.2, 0) is 0 Å². The molecule has 0 spiro atoms. The first-order valence-corrected chi connectivity index (χ1v) is 9.81. The van der Waals surface area contributed by atoms with Crippen LogP contribution in [0, 0.1) is 0 Å². The van der Waals surface area contributed by atoms with Crippen LogP contribution < -0.4 is 10.1 Å². The van der Waals surface area contributed by atoms with Gasteiger partial charge in [0.1, 0.15) is 11.6 Å². The Bertz CT molecular complexity index is 904. The number of likely N-dealkylation sites (N-methyl/N-ethyl adjacent to an activating group) is 1. The number of amides is 1. The van der Waals surface area contributed by atoms with Crippen LogP contribution in [0.5, 0.6) is 5.75 Å². The number of hydrogen-bond acceptors (Lipinski definition) is 5. The van der Waals surface area contributed by atoms with Crippen LogP contribution in [0.25, 0.3) is 0 Å². The molecule has 2 aliphatic rings. The van der Waals surface area contributed by atoms with Gasteiger partial charge in [0.15, 0.2) is 11.7 Å². The third-order valence-electron chi connectivity index (χ3n) is 5.72. The number of carbonyl (C=O) groups excluding carboxylic acids is 1. The van der Waals surface area contributed by atoms with E-state index in [0.717, 1.165) is 17.8 Å². The van der Waals surface area contributed by atoms with Gasteiger partial charge >= 0.3 is 6.18 Å². The zero-order valence-corrected chi connectivity index (χ0v) is 16.8. The smallest absolute Gasteiger partial charge is 0.410 e. The maximum Gasteiger partial charge on any atom is 0.410 e. The first-order chi connectivity index (χ1) is 14.3. The molecular weight excluding hydrogens is 399 g/mol. The molecule has 0 unspecified atom stereocenters. The minimum atomic E-state index is -4.48. The lowest BCUT2D eigenvalue weighted by Gasteiger charge is -2.33. The van der Waals surface area contributed by atoms with Gasteiger partial charge in [0.2, 0.25) is 0 Å². The van der Waals surface area contributed by atoms with Crippen molar-refractivity contribution in [3.63, 3.8) is 0 Å². The molecule has 1 amide bonds. The Labute approximate surface area is 172 Å². The summed E-state index contributed by atoms with van der Waals surface area (Å²) in [5, 5.41) is 7.18. The molecule has 2 atom stereocenters. The average molecular weight is 423 g/mol. The summed E-state index contributed by atoms with van der Waals surface area (Å²) in [5.41, 5.74) is 0.746. The highest BCUT2D eigenvalue weighted by atomic mass is 19.4. The summed E-state index contributed by atoms with van der Waals surface area (Å²) in [5.74, 6) is 0.489. The Morgan fingerprint density at radius 2 is 1.83 bits per heavy atom. The predicted molar refractivity (Wildman–Crippen MR) is 105 cm³/mol. The minimum absolute atomic E-state index is 0.0340. The highest BCUT2D eigenvalue weighted by Gasteiger charge is 2.47. The molecular formula is C20H24F3N5O2. The number of benzene rings is 1. The van der Waals surface area contributed by atoms with E-state index < -0.39 is 18.3 Å². The van der Waals surface area contributed by atoms with Crippen LogP contribution in [0.3, 0.4) is 0 Å². The van der Waals surface area contributed by atoms with Gasteiger partial charge in [0.25, 0.3) is 5.91 Å². The number of nitrogens with zero attached hydrogens (tertiary/aromatic N) is 4. The average Bonchev–Trinajstić information content (AvgIpc) is 3.16. The monoisotopic (exact) mass is 423 g/mol. The quantitative estimate of drug-likeness (QED) is 0.823. The number of fused-ring (bicyclic) bond motifs is 1. The second-order valence-electron chi connectivity index (χ2n) is 7.72. The first kappa shape index (κ1) is 20.5. The van der Waals surface area contributed by atoms with E-state index in [9.17, 15) is 18.0 Å². The number of hydrogen-bond donors (Lipinski definition) is 1. The molecule has 10 heteroatoms. The predicted octanol–water partition coefficient (Wildman–Crippen LogP) is 2.94. The van der Waals surface area contributed by atoms with Gasteiger partial charge in [-0.05, 0) is 24.7 Å². The van der Waals surface area contributed by atoms with Crippen molar-refractivity contribution in [1.82, 2.24) is 19.6 Å². The maximum absolute atomic E-state index is 13.8. The topological polar surface area (TPSA) is 62.6 Å². The van der Waals surface area contributed by atoms with Crippen LogP contribution in [0.1, 0.15) is 34.6 Å². The molecule has 7 nitrogen and oxygen atoms in total. The molecule has 1 aromatic carbocycles. The lowest BCUT2D eigenvalue weighted by molar-refractivity contribution is -0.173. The van der Waals surface area contributed by atoms with Gasteiger partial charge < -0.3 is 19.9 Å². The summed E-state index contributed by atoms with van der Waals surface area (Å²) in [6, 6.07) is 5.98. The van der Waals surface area contributed by atoms with Crippen molar-refractivity contribution >= 4 is 11.7 Å². The van der Waals surface area contributed by atoms with E-state index >= 15 is 0 Å². The van der Waals surface area contributed by atoms with E-state index in [2.05, 4.69) is 15.3 Å².